The monoisotopic (exact) mass is 449 g/mol. The number of carbonyl (C=O) groups is 4. The van der Waals surface area contributed by atoms with E-state index in [0.29, 0.717) is 48.5 Å². The number of anilines is 1. The molecule has 2 heterocycles. The predicted molar refractivity (Wildman–Crippen MR) is 122 cm³/mol. The van der Waals surface area contributed by atoms with Crippen molar-refractivity contribution in [1.82, 2.24) is 4.90 Å². The molecule has 2 aromatic rings. The summed E-state index contributed by atoms with van der Waals surface area (Å²) in [5, 5.41) is 0. The average molecular weight is 450 g/mol. The maximum absolute atomic E-state index is 13.0. The van der Waals surface area contributed by atoms with Crippen LogP contribution in [-0.2, 0) is 16.1 Å². The van der Waals surface area contributed by atoms with Gasteiger partial charge in [0.1, 0.15) is 5.75 Å². The van der Waals surface area contributed by atoms with E-state index in [9.17, 15) is 19.2 Å². The van der Waals surface area contributed by atoms with Crippen LogP contribution >= 0.6 is 0 Å². The molecule has 2 aliphatic rings. The fourth-order valence-electron chi connectivity index (χ4n) is 4.22. The van der Waals surface area contributed by atoms with Crippen LogP contribution in [0.15, 0.2) is 42.5 Å². The molecule has 2 aliphatic heterocycles. The van der Waals surface area contributed by atoms with Gasteiger partial charge in [0.05, 0.1) is 6.54 Å². The van der Waals surface area contributed by atoms with E-state index in [1.165, 1.54) is 4.90 Å². The molecule has 1 fully saturated rings. The van der Waals surface area contributed by atoms with Crippen molar-refractivity contribution in [2.75, 3.05) is 18.0 Å². The molecule has 0 unspecified atom stereocenters. The first kappa shape index (κ1) is 22.5. The van der Waals surface area contributed by atoms with Crippen LogP contribution in [0.1, 0.15) is 58.9 Å². The molecule has 172 valence electrons. The van der Waals surface area contributed by atoms with Gasteiger partial charge >= 0.3 is 0 Å². The Balaban J connectivity index is 1.41. The molecule has 0 radical (unpaired) electrons. The van der Waals surface area contributed by atoms with Crippen LogP contribution in [0.5, 0.6) is 5.75 Å². The Morgan fingerprint density at radius 3 is 2.58 bits per heavy atom. The molecule has 1 atom stereocenters. The number of hydrogen-bond acceptors (Lipinski definition) is 5. The van der Waals surface area contributed by atoms with E-state index in [-0.39, 0.29) is 24.1 Å². The van der Waals surface area contributed by atoms with E-state index >= 15 is 0 Å². The Morgan fingerprint density at radius 2 is 1.88 bits per heavy atom. The van der Waals surface area contributed by atoms with Gasteiger partial charge in [0, 0.05) is 42.7 Å². The number of ether oxygens (including phenoxy) is 1. The molecule has 2 N–H and O–H groups in total. The van der Waals surface area contributed by atoms with Crippen molar-refractivity contribution >= 4 is 29.2 Å². The van der Waals surface area contributed by atoms with Crippen molar-refractivity contribution in [2.24, 2.45) is 5.73 Å². The van der Waals surface area contributed by atoms with Gasteiger partial charge in [-0.3, -0.25) is 19.2 Å². The van der Waals surface area contributed by atoms with Gasteiger partial charge in [0.15, 0.2) is 11.9 Å². The Kier molecular flexibility index (Phi) is 6.44. The number of hydrogen-bond donors (Lipinski definition) is 1. The summed E-state index contributed by atoms with van der Waals surface area (Å²) in [6.07, 6.45) is 2.23. The Labute approximate surface area is 192 Å². The van der Waals surface area contributed by atoms with Gasteiger partial charge in [0.25, 0.3) is 11.8 Å². The number of benzene rings is 2. The number of amides is 3. The first-order chi connectivity index (χ1) is 15.9. The van der Waals surface area contributed by atoms with Crippen LogP contribution in [0.25, 0.3) is 0 Å². The highest BCUT2D eigenvalue weighted by molar-refractivity contribution is 6.03. The maximum atomic E-state index is 13.0. The number of nitrogens with two attached hydrogens (primary N) is 1. The van der Waals surface area contributed by atoms with Crippen molar-refractivity contribution in [3.05, 3.63) is 59.2 Å². The van der Waals surface area contributed by atoms with Crippen molar-refractivity contribution in [2.45, 2.75) is 45.3 Å². The van der Waals surface area contributed by atoms with Gasteiger partial charge in [0.2, 0.25) is 5.91 Å². The number of nitrogens with zero attached hydrogens (tertiary/aromatic N) is 2. The molecule has 0 saturated carbocycles. The number of fused-ring (bicyclic) bond motifs is 1. The molecular formula is C25H27N3O5. The zero-order chi connectivity index (χ0) is 23.5. The summed E-state index contributed by atoms with van der Waals surface area (Å²) in [7, 11) is 0. The Morgan fingerprint density at radius 1 is 1.12 bits per heavy atom. The van der Waals surface area contributed by atoms with Gasteiger partial charge < -0.3 is 20.3 Å². The second-order valence-corrected chi connectivity index (χ2v) is 8.41. The van der Waals surface area contributed by atoms with Crippen LogP contribution in [0.3, 0.4) is 0 Å². The Hall–Kier alpha value is -3.68. The van der Waals surface area contributed by atoms with E-state index < -0.39 is 12.0 Å². The van der Waals surface area contributed by atoms with Crippen molar-refractivity contribution in [3.8, 4) is 5.75 Å². The number of Topliss-reactive ketones (excluding diaryl/α,β-unsaturated/α-hetero) is 1. The largest absolute Gasteiger partial charge is 0.481 e. The minimum Gasteiger partial charge on any atom is -0.481 e. The van der Waals surface area contributed by atoms with Gasteiger partial charge in [-0.25, -0.2) is 0 Å². The summed E-state index contributed by atoms with van der Waals surface area (Å²) < 4.78 is 5.90. The minimum atomic E-state index is -0.637. The number of unbranched alkanes of at least 4 members (excludes halogenated alkanes) is 1. The highest BCUT2D eigenvalue weighted by atomic mass is 16.5. The highest BCUT2D eigenvalue weighted by Crippen LogP contribution is 2.30. The fourth-order valence-corrected chi connectivity index (χ4v) is 4.22. The van der Waals surface area contributed by atoms with Crippen LogP contribution < -0.4 is 15.4 Å². The summed E-state index contributed by atoms with van der Waals surface area (Å²) in [5.41, 5.74) is 7.77. The summed E-state index contributed by atoms with van der Waals surface area (Å²) >= 11 is 0. The lowest BCUT2D eigenvalue weighted by molar-refractivity contribution is -0.123. The number of carbonyl (C=O) groups excluding carboxylic acids is 4. The van der Waals surface area contributed by atoms with E-state index in [2.05, 4.69) is 0 Å². The molecule has 3 amide bonds. The normalized spacial score (nSPS) is 17.4. The third kappa shape index (κ3) is 4.74. The first-order valence-electron chi connectivity index (χ1n) is 11.2. The van der Waals surface area contributed by atoms with Crippen LogP contribution in [0, 0.1) is 0 Å². The third-order valence-electron chi connectivity index (χ3n) is 6.00. The van der Waals surface area contributed by atoms with Gasteiger partial charge in [-0.15, -0.1) is 0 Å². The molecular weight excluding hydrogens is 422 g/mol. The van der Waals surface area contributed by atoms with Crippen molar-refractivity contribution in [1.29, 1.82) is 0 Å². The first-order valence-corrected chi connectivity index (χ1v) is 11.2. The van der Waals surface area contributed by atoms with Gasteiger partial charge in [-0.1, -0.05) is 19.4 Å². The van der Waals surface area contributed by atoms with Crippen LogP contribution in [-0.4, -0.2) is 47.6 Å². The summed E-state index contributed by atoms with van der Waals surface area (Å²) in [5.74, 6) is -0.374. The van der Waals surface area contributed by atoms with Crippen molar-refractivity contribution < 1.29 is 23.9 Å². The molecule has 0 aliphatic carbocycles. The molecule has 2 aromatic carbocycles. The second kappa shape index (κ2) is 9.44. The van der Waals surface area contributed by atoms with Crippen LogP contribution in [0.4, 0.5) is 5.69 Å². The molecule has 0 bridgehead atoms. The summed E-state index contributed by atoms with van der Waals surface area (Å²) in [6.45, 7) is 2.71. The molecule has 8 heteroatoms. The number of rotatable bonds is 9. The quantitative estimate of drug-likeness (QED) is 0.592. The summed E-state index contributed by atoms with van der Waals surface area (Å²) in [6, 6.07) is 12.2. The SMILES string of the molecule is CCCCC(=O)c1ccc(O[C@@H]2CCN(c3ccc4c(c3)C(=O)N(CC(N)=O)C4)C2=O)cc1. The molecule has 1 saturated heterocycles. The average Bonchev–Trinajstić information content (AvgIpc) is 3.31. The molecule has 33 heavy (non-hydrogen) atoms. The lowest BCUT2D eigenvalue weighted by atomic mass is 10.1. The number of primary amides is 1. The van der Waals surface area contributed by atoms with E-state index in [1.807, 2.05) is 6.92 Å². The maximum Gasteiger partial charge on any atom is 0.268 e. The number of ketones is 1. The standard InChI is InChI=1S/C25H27N3O5/c1-2-3-4-21(29)16-6-9-19(10-7-16)33-22-11-12-28(25(22)32)18-8-5-17-14-27(15-23(26)30)24(31)20(17)13-18/h5-10,13,22H,2-4,11-12,14-15H2,1H3,(H2,26,30)/t22-/m1/s1. The van der Waals surface area contributed by atoms with Gasteiger partial charge in [-0.05, 0) is 48.4 Å². The smallest absolute Gasteiger partial charge is 0.268 e. The predicted octanol–water partition coefficient (Wildman–Crippen LogP) is 2.68. The lowest BCUT2D eigenvalue weighted by Crippen LogP contribution is -2.34. The topological polar surface area (TPSA) is 110 Å². The van der Waals surface area contributed by atoms with Gasteiger partial charge in [-0.2, -0.15) is 0 Å². The highest BCUT2D eigenvalue weighted by Gasteiger charge is 2.36. The third-order valence-corrected chi connectivity index (χ3v) is 6.00. The Bertz CT molecular complexity index is 1100. The van der Waals surface area contributed by atoms with Crippen molar-refractivity contribution in [3.63, 3.8) is 0 Å². The zero-order valence-electron chi connectivity index (χ0n) is 18.6. The lowest BCUT2D eigenvalue weighted by Gasteiger charge is -2.18. The van der Waals surface area contributed by atoms with E-state index in [4.69, 9.17) is 10.5 Å². The fraction of sp³-hybridized carbons (Fsp3) is 0.360. The van der Waals surface area contributed by atoms with E-state index in [1.54, 1.807) is 47.4 Å². The second-order valence-electron chi connectivity index (χ2n) is 8.41. The van der Waals surface area contributed by atoms with Crippen LogP contribution in [0.2, 0.25) is 0 Å². The minimum absolute atomic E-state index is 0.104. The summed E-state index contributed by atoms with van der Waals surface area (Å²) in [4.78, 5) is 51.9. The molecule has 0 spiro atoms. The molecule has 0 aromatic heterocycles. The molecule has 8 nitrogen and oxygen atoms in total. The van der Waals surface area contributed by atoms with E-state index in [0.717, 1.165) is 18.4 Å². The zero-order valence-corrected chi connectivity index (χ0v) is 18.6. The molecule has 4 rings (SSSR count).